The fourth-order valence-corrected chi connectivity index (χ4v) is 1.90. The van der Waals surface area contributed by atoms with Gasteiger partial charge in [-0.15, -0.1) is 0 Å². The molecule has 0 amide bonds. The van der Waals surface area contributed by atoms with Gasteiger partial charge in [0.25, 0.3) is 0 Å². The maximum atomic E-state index is 9.64. The van der Waals surface area contributed by atoms with Gasteiger partial charge in [0, 0.05) is 0 Å². The molecule has 2 aromatic rings. The van der Waals surface area contributed by atoms with Gasteiger partial charge in [0.2, 0.25) is 0 Å². The molecule has 0 heterocycles. The van der Waals surface area contributed by atoms with Gasteiger partial charge in [0.1, 0.15) is 0 Å². The fourth-order valence-electron chi connectivity index (χ4n) is 1.90. The fraction of sp³-hybridized carbons (Fsp3) is 0.214. The zero-order chi connectivity index (χ0) is 11.4. The first-order chi connectivity index (χ1) is 7.81. The third-order valence-corrected chi connectivity index (χ3v) is 2.66. The van der Waals surface area contributed by atoms with Gasteiger partial charge >= 0.3 is 0 Å². The molecular weight excluding hydrogens is 198 g/mol. The van der Waals surface area contributed by atoms with Crippen LogP contribution in [0.25, 0.3) is 10.8 Å². The lowest BCUT2D eigenvalue weighted by molar-refractivity contribution is 0.180. The molecule has 2 rings (SSSR count). The Labute approximate surface area is 94.8 Å². The topological polar surface area (TPSA) is 44.0 Å². The highest BCUT2D eigenvalue weighted by molar-refractivity contribution is 5.85. The van der Waals surface area contributed by atoms with E-state index in [2.05, 4.69) is 12.1 Å². The van der Waals surface area contributed by atoms with Crippen molar-refractivity contribution in [2.24, 2.45) is 0 Å². The summed E-state index contributed by atoms with van der Waals surface area (Å²) in [6.45, 7) is 0. The van der Waals surface area contributed by atoms with E-state index in [1.807, 2.05) is 36.4 Å². The van der Waals surface area contributed by atoms with Gasteiger partial charge in [-0.25, -0.2) is 0 Å². The van der Waals surface area contributed by atoms with Crippen LogP contribution < -0.4 is 0 Å². The average molecular weight is 211 g/mol. The van der Waals surface area contributed by atoms with Gasteiger partial charge in [-0.2, -0.15) is 5.26 Å². The summed E-state index contributed by atoms with van der Waals surface area (Å²) in [6, 6.07) is 16.1. The number of nitriles is 1. The van der Waals surface area contributed by atoms with Gasteiger partial charge < -0.3 is 5.11 Å². The minimum Gasteiger partial charge on any atom is -0.392 e. The molecule has 2 aromatic carbocycles. The van der Waals surface area contributed by atoms with E-state index in [-0.39, 0.29) is 6.42 Å². The molecule has 2 nitrogen and oxygen atoms in total. The van der Waals surface area contributed by atoms with Crippen LogP contribution in [0.2, 0.25) is 0 Å². The van der Waals surface area contributed by atoms with E-state index in [0.717, 1.165) is 10.9 Å². The first kappa shape index (κ1) is 10.7. The second-order valence-corrected chi connectivity index (χ2v) is 3.86. The molecular formula is C14H13NO. The van der Waals surface area contributed by atoms with E-state index in [1.54, 1.807) is 0 Å². The number of aliphatic hydroxyl groups excluding tert-OH is 1. The number of hydrogen-bond donors (Lipinski definition) is 1. The predicted molar refractivity (Wildman–Crippen MR) is 63.9 cm³/mol. The van der Waals surface area contributed by atoms with E-state index in [4.69, 9.17) is 5.26 Å². The number of nitrogens with zero attached hydrogens (tertiary/aromatic N) is 1. The summed E-state index contributed by atoms with van der Waals surface area (Å²) >= 11 is 0. The smallest absolute Gasteiger partial charge is 0.0710 e. The normalized spacial score (nSPS) is 12.2. The summed E-state index contributed by atoms with van der Waals surface area (Å²) in [6.07, 6.45) is 0.147. The second-order valence-electron chi connectivity index (χ2n) is 3.86. The molecule has 0 saturated carbocycles. The highest BCUT2D eigenvalue weighted by Crippen LogP contribution is 2.20. The summed E-state index contributed by atoms with van der Waals surface area (Å²) in [5.41, 5.74) is 1.10. The Morgan fingerprint density at radius 2 is 1.88 bits per heavy atom. The number of benzene rings is 2. The van der Waals surface area contributed by atoms with Crippen LogP contribution in [0.5, 0.6) is 0 Å². The van der Waals surface area contributed by atoms with Gasteiger partial charge in [0.15, 0.2) is 0 Å². The van der Waals surface area contributed by atoms with Gasteiger partial charge in [0.05, 0.1) is 18.6 Å². The minimum atomic E-state index is -0.573. The summed E-state index contributed by atoms with van der Waals surface area (Å²) in [5, 5.41) is 20.5. The van der Waals surface area contributed by atoms with Crippen molar-refractivity contribution in [2.75, 3.05) is 0 Å². The molecule has 0 aliphatic carbocycles. The maximum Gasteiger partial charge on any atom is 0.0710 e. The highest BCUT2D eigenvalue weighted by Gasteiger charge is 2.07. The molecule has 2 heteroatoms. The van der Waals surface area contributed by atoms with E-state index in [9.17, 15) is 5.11 Å². The zero-order valence-corrected chi connectivity index (χ0v) is 8.93. The summed E-state index contributed by atoms with van der Waals surface area (Å²) in [4.78, 5) is 0. The molecule has 1 atom stereocenters. The van der Waals surface area contributed by atoms with Crippen molar-refractivity contribution >= 4 is 10.8 Å². The molecule has 80 valence electrons. The minimum absolute atomic E-state index is 0.184. The molecule has 0 unspecified atom stereocenters. The van der Waals surface area contributed by atoms with Crippen LogP contribution in [0.3, 0.4) is 0 Å². The van der Waals surface area contributed by atoms with Crippen LogP contribution in [-0.4, -0.2) is 11.2 Å². The first-order valence-corrected chi connectivity index (χ1v) is 5.33. The monoisotopic (exact) mass is 211 g/mol. The first-order valence-electron chi connectivity index (χ1n) is 5.33. The Kier molecular flexibility index (Phi) is 3.19. The Morgan fingerprint density at radius 3 is 2.69 bits per heavy atom. The summed E-state index contributed by atoms with van der Waals surface area (Å²) in [7, 11) is 0. The van der Waals surface area contributed by atoms with Crippen molar-refractivity contribution < 1.29 is 5.11 Å². The van der Waals surface area contributed by atoms with Crippen molar-refractivity contribution in [3.8, 4) is 6.07 Å². The van der Waals surface area contributed by atoms with Crippen molar-refractivity contribution in [1.29, 1.82) is 5.26 Å². The van der Waals surface area contributed by atoms with Crippen LogP contribution in [0.15, 0.2) is 42.5 Å². The van der Waals surface area contributed by atoms with E-state index >= 15 is 0 Å². The Bertz CT molecular complexity index is 522. The number of fused-ring (bicyclic) bond motifs is 1. The molecule has 0 aliphatic heterocycles. The third-order valence-electron chi connectivity index (χ3n) is 2.66. The van der Waals surface area contributed by atoms with Crippen molar-refractivity contribution in [3.63, 3.8) is 0 Å². The molecule has 0 aliphatic rings. The highest BCUT2D eigenvalue weighted by atomic mass is 16.3. The Balaban J connectivity index is 2.34. The molecule has 0 saturated heterocycles. The number of hydrogen-bond acceptors (Lipinski definition) is 2. The molecule has 16 heavy (non-hydrogen) atoms. The van der Waals surface area contributed by atoms with Crippen LogP contribution in [0.4, 0.5) is 0 Å². The maximum absolute atomic E-state index is 9.64. The lowest BCUT2D eigenvalue weighted by Crippen LogP contribution is -2.09. The largest absolute Gasteiger partial charge is 0.392 e. The lowest BCUT2D eigenvalue weighted by Gasteiger charge is -2.09. The SMILES string of the molecule is N#CC[C@@H](O)Cc1cccc2ccccc12. The van der Waals surface area contributed by atoms with E-state index in [1.165, 1.54) is 5.39 Å². The van der Waals surface area contributed by atoms with Gasteiger partial charge in [-0.05, 0) is 22.8 Å². The molecule has 0 spiro atoms. The summed E-state index contributed by atoms with van der Waals surface area (Å²) < 4.78 is 0. The van der Waals surface area contributed by atoms with Crippen LogP contribution in [0.1, 0.15) is 12.0 Å². The second kappa shape index (κ2) is 4.78. The van der Waals surface area contributed by atoms with Crippen molar-refractivity contribution in [3.05, 3.63) is 48.0 Å². The van der Waals surface area contributed by atoms with Gasteiger partial charge in [-0.3, -0.25) is 0 Å². The standard InChI is InChI=1S/C14H13NO/c15-9-8-13(16)10-12-6-3-5-11-4-1-2-7-14(11)12/h1-7,13,16H,8,10H2/t13-/m1/s1. The van der Waals surface area contributed by atoms with E-state index < -0.39 is 6.10 Å². The third kappa shape index (κ3) is 2.21. The molecule has 0 radical (unpaired) electrons. The Morgan fingerprint density at radius 1 is 1.12 bits per heavy atom. The summed E-state index contributed by atoms with van der Waals surface area (Å²) in [5.74, 6) is 0. The van der Waals surface area contributed by atoms with Gasteiger partial charge in [-0.1, -0.05) is 42.5 Å². The van der Waals surface area contributed by atoms with Crippen molar-refractivity contribution in [2.45, 2.75) is 18.9 Å². The average Bonchev–Trinajstić information content (AvgIpc) is 2.30. The zero-order valence-electron chi connectivity index (χ0n) is 8.93. The predicted octanol–water partition coefficient (Wildman–Crippen LogP) is 2.66. The lowest BCUT2D eigenvalue weighted by atomic mass is 9.99. The van der Waals surface area contributed by atoms with Crippen molar-refractivity contribution in [1.82, 2.24) is 0 Å². The van der Waals surface area contributed by atoms with Crippen LogP contribution in [-0.2, 0) is 6.42 Å². The van der Waals surface area contributed by atoms with Crippen LogP contribution >= 0.6 is 0 Å². The van der Waals surface area contributed by atoms with Crippen LogP contribution in [0, 0.1) is 11.3 Å². The molecule has 0 bridgehead atoms. The molecule has 0 aromatic heterocycles. The quantitative estimate of drug-likeness (QED) is 0.848. The molecule has 0 fully saturated rings. The van der Waals surface area contributed by atoms with E-state index in [0.29, 0.717) is 6.42 Å². The number of aliphatic hydroxyl groups is 1. The Hall–Kier alpha value is -1.85. The molecule has 1 N–H and O–H groups in total. The number of rotatable bonds is 3.